The van der Waals surface area contributed by atoms with Crippen molar-refractivity contribution < 1.29 is 14.9 Å². The van der Waals surface area contributed by atoms with Crippen LogP contribution in [0.5, 0.6) is 0 Å². The monoisotopic (exact) mass is 176 g/mol. The van der Waals surface area contributed by atoms with Crippen LogP contribution in [0.4, 0.5) is 0 Å². The zero-order valence-electron chi connectivity index (χ0n) is 6.70. The van der Waals surface area contributed by atoms with Crippen LogP contribution < -0.4 is 0 Å². The van der Waals surface area contributed by atoms with E-state index < -0.39 is 15.8 Å². The molecule has 4 heteroatoms. The minimum atomic E-state index is -1.10. The first-order valence-electron chi connectivity index (χ1n) is 4.27. The molecule has 2 N–H and O–H groups in total. The lowest BCUT2D eigenvalue weighted by atomic mass is 10.2. The molecule has 1 rings (SSSR count). The molecule has 0 amide bonds. The number of aliphatic hydroxyl groups excluding tert-OH is 1. The minimum absolute atomic E-state index is 0.404. The smallest absolute Gasteiger partial charge is 0.148 e. The fraction of sp³-hybridized carbons (Fsp3) is 1.00. The Bertz CT molecular complexity index is 102. The Hall–Kier alpha value is 0.0969. The van der Waals surface area contributed by atoms with Gasteiger partial charge in [-0.1, -0.05) is 0 Å². The molecule has 3 nitrogen and oxygen atoms in total. The lowest BCUT2D eigenvalue weighted by molar-refractivity contribution is -0.0246. The minimum Gasteiger partial charge on any atom is -0.382 e. The Morgan fingerprint density at radius 1 is 1.45 bits per heavy atom. The van der Waals surface area contributed by atoms with Gasteiger partial charge >= 0.3 is 0 Å². The summed E-state index contributed by atoms with van der Waals surface area (Å²) in [6.45, 7) is 0.874. The van der Waals surface area contributed by atoms with Gasteiger partial charge in [-0.25, -0.2) is 0 Å². The average molecular weight is 176 g/mol. The quantitative estimate of drug-likeness (QED) is 0.446. The molecule has 1 aliphatic heterocycles. The number of hydrogen-bond acceptors (Lipinski definition) is 3. The Kier molecular flexibility index (Phi) is 4.07. The van der Waals surface area contributed by atoms with E-state index in [1.54, 1.807) is 0 Å². The fourth-order valence-electron chi connectivity index (χ4n) is 1.37. The molecule has 1 unspecified atom stereocenters. The molecule has 1 aliphatic rings. The van der Waals surface area contributed by atoms with Crippen LogP contribution in [0.1, 0.15) is 19.3 Å². The third-order valence-electron chi connectivity index (χ3n) is 2.02. The van der Waals surface area contributed by atoms with E-state index in [1.807, 2.05) is 0 Å². The van der Waals surface area contributed by atoms with Crippen LogP contribution in [0, 0.1) is 0 Å². The number of hydrogen-bond donors (Lipinski definition) is 2. The van der Waals surface area contributed by atoms with Crippen molar-refractivity contribution >= 4 is 9.52 Å². The number of rotatable bonds is 3. The average Bonchev–Trinajstić information content (AvgIpc) is 2.03. The molecular formula is C7H16O3Si. The van der Waals surface area contributed by atoms with Crippen molar-refractivity contribution in [3.8, 4) is 0 Å². The molecule has 0 aliphatic carbocycles. The Morgan fingerprint density at radius 2 is 2.27 bits per heavy atom. The van der Waals surface area contributed by atoms with Gasteiger partial charge in [0, 0.05) is 12.3 Å². The van der Waals surface area contributed by atoms with E-state index in [2.05, 4.69) is 0 Å². The van der Waals surface area contributed by atoms with Crippen molar-refractivity contribution in [1.82, 2.24) is 0 Å². The van der Waals surface area contributed by atoms with Crippen molar-refractivity contribution in [2.45, 2.75) is 37.3 Å². The molecule has 0 saturated carbocycles. The highest BCUT2D eigenvalue weighted by atomic mass is 28.2. The maximum atomic E-state index is 8.62. The first kappa shape index (κ1) is 9.19. The molecule has 1 saturated heterocycles. The van der Waals surface area contributed by atoms with E-state index in [9.17, 15) is 0 Å². The molecule has 0 bridgehead atoms. The summed E-state index contributed by atoms with van der Waals surface area (Å²) in [7, 11) is -0.404. The van der Waals surface area contributed by atoms with Gasteiger partial charge in [0.2, 0.25) is 0 Å². The highest BCUT2D eigenvalue weighted by molar-refractivity contribution is 6.37. The fourth-order valence-corrected chi connectivity index (χ4v) is 2.95. The molecule has 1 atom stereocenters. The van der Waals surface area contributed by atoms with Gasteiger partial charge in [0.25, 0.3) is 0 Å². The van der Waals surface area contributed by atoms with Crippen LogP contribution in [-0.4, -0.2) is 38.4 Å². The van der Waals surface area contributed by atoms with E-state index in [1.165, 1.54) is 12.8 Å². The van der Waals surface area contributed by atoms with Crippen LogP contribution in [-0.2, 0) is 4.74 Å². The van der Waals surface area contributed by atoms with Crippen molar-refractivity contribution in [1.29, 1.82) is 0 Å². The second-order valence-electron chi connectivity index (χ2n) is 3.05. The zero-order chi connectivity index (χ0) is 8.10. The Morgan fingerprint density at radius 3 is 2.82 bits per heavy atom. The number of ether oxygens (including phenoxy) is 1. The summed E-state index contributed by atoms with van der Waals surface area (Å²) in [5.41, 5.74) is 0.408. The van der Waals surface area contributed by atoms with Crippen molar-refractivity contribution in [2.24, 2.45) is 0 Å². The maximum absolute atomic E-state index is 8.62. The molecule has 0 spiro atoms. The molecular weight excluding hydrogens is 160 g/mol. The molecule has 66 valence electrons. The van der Waals surface area contributed by atoms with Gasteiger partial charge in [-0.05, 0) is 25.3 Å². The summed E-state index contributed by atoms with van der Waals surface area (Å²) in [5, 5.41) is 17.2. The van der Waals surface area contributed by atoms with E-state index in [0.717, 1.165) is 13.0 Å². The third-order valence-corrected chi connectivity index (χ3v) is 4.16. The summed E-state index contributed by atoms with van der Waals surface area (Å²) in [5.74, 6) is 0. The van der Waals surface area contributed by atoms with Crippen molar-refractivity contribution in [3.05, 3.63) is 0 Å². The second kappa shape index (κ2) is 4.87. The van der Waals surface area contributed by atoms with Gasteiger partial charge in [-0.3, -0.25) is 0 Å². The summed E-state index contributed by atoms with van der Waals surface area (Å²) >= 11 is 0. The zero-order valence-corrected chi connectivity index (χ0v) is 8.11. The SMILES string of the molecule is OC(O)C[SiH2]C1CCCCO1. The molecule has 0 radical (unpaired) electrons. The van der Waals surface area contributed by atoms with Crippen LogP contribution in [0.15, 0.2) is 0 Å². The first-order chi connectivity index (χ1) is 5.29. The Labute approximate surface area is 69.2 Å². The first-order valence-corrected chi connectivity index (χ1v) is 6.08. The van der Waals surface area contributed by atoms with Gasteiger partial charge in [0.1, 0.15) is 6.29 Å². The Balaban J connectivity index is 2.05. The van der Waals surface area contributed by atoms with Crippen LogP contribution in [0.25, 0.3) is 0 Å². The van der Waals surface area contributed by atoms with Gasteiger partial charge < -0.3 is 14.9 Å². The molecule has 0 aromatic rings. The standard InChI is InChI=1S/C7H16O3Si/c8-6(9)5-11-7-3-1-2-4-10-7/h6-9H,1-5,11H2. The normalized spacial score (nSPS) is 27.0. The summed E-state index contributed by atoms with van der Waals surface area (Å²) in [4.78, 5) is 0. The van der Waals surface area contributed by atoms with Crippen LogP contribution in [0.2, 0.25) is 6.04 Å². The molecule has 1 fully saturated rings. The van der Waals surface area contributed by atoms with Gasteiger partial charge in [0.05, 0.1) is 9.52 Å². The molecule has 0 aromatic carbocycles. The summed E-state index contributed by atoms with van der Waals surface area (Å²) < 4.78 is 5.47. The van der Waals surface area contributed by atoms with Crippen LogP contribution >= 0.6 is 0 Å². The van der Waals surface area contributed by atoms with E-state index in [0.29, 0.717) is 11.8 Å². The molecule has 1 heterocycles. The topological polar surface area (TPSA) is 49.7 Å². The van der Waals surface area contributed by atoms with Crippen molar-refractivity contribution in [3.63, 3.8) is 0 Å². The largest absolute Gasteiger partial charge is 0.382 e. The van der Waals surface area contributed by atoms with Gasteiger partial charge in [-0.15, -0.1) is 0 Å². The number of aliphatic hydroxyl groups is 2. The van der Waals surface area contributed by atoms with E-state index in [-0.39, 0.29) is 0 Å². The van der Waals surface area contributed by atoms with Crippen LogP contribution in [0.3, 0.4) is 0 Å². The van der Waals surface area contributed by atoms with Gasteiger partial charge in [-0.2, -0.15) is 0 Å². The molecule has 11 heavy (non-hydrogen) atoms. The van der Waals surface area contributed by atoms with E-state index >= 15 is 0 Å². The summed E-state index contributed by atoms with van der Waals surface area (Å²) in [6, 6.07) is 0.574. The lowest BCUT2D eigenvalue weighted by Gasteiger charge is -2.22. The van der Waals surface area contributed by atoms with Crippen molar-refractivity contribution in [2.75, 3.05) is 6.61 Å². The highest BCUT2D eigenvalue weighted by Crippen LogP contribution is 2.12. The highest BCUT2D eigenvalue weighted by Gasteiger charge is 2.14. The molecule has 0 aromatic heterocycles. The van der Waals surface area contributed by atoms with E-state index in [4.69, 9.17) is 14.9 Å². The second-order valence-corrected chi connectivity index (χ2v) is 5.11. The summed E-state index contributed by atoms with van der Waals surface area (Å²) in [6.07, 6.45) is 2.46. The lowest BCUT2D eigenvalue weighted by Crippen LogP contribution is -2.27. The predicted octanol–water partition coefficient (Wildman–Crippen LogP) is -0.589. The van der Waals surface area contributed by atoms with Gasteiger partial charge in [0.15, 0.2) is 0 Å². The predicted molar refractivity (Wildman–Crippen MR) is 45.2 cm³/mol. The maximum Gasteiger partial charge on any atom is 0.148 e. The third kappa shape index (κ3) is 3.86.